The Balaban J connectivity index is 1.78. The Morgan fingerprint density at radius 2 is 1.91 bits per heavy atom. The van der Waals surface area contributed by atoms with Crippen LogP contribution in [0, 0.1) is 17.1 Å². The molecule has 1 aromatic carbocycles. The molecule has 4 rings (SSSR count). The summed E-state index contributed by atoms with van der Waals surface area (Å²) in [4.78, 5) is 4.24. The van der Waals surface area contributed by atoms with E-state index >= 15 is 0 Å². The maximum atomic E-state index is 13.1. The van der Waals surface area contributed by atoms with Crippen LogP contribution in [-0.4, -0.2) is 14.8 Å². The Hall–Kier alpha value is -3.00. The van der Waals surface area contributed by atoms with Gasteiger partial charge in [0, 0.05) is 23.5 Å². The largest absolute Gasteiger partial charge is 0.269 e. The average Bonchev–Trinajstić information content (AvgIpc) is 3.32. The van der Waals surface area contributed by atoms with Crippen LogP contribution in [0.25, 0.3) is 22.4 Å². The second-order valence-corrected chi connectivity index (χ2v) is 5.65. The molecule has 1 fully saturated rings. The van der Waals surface area contributed by atoms with E-state index in [2.05, 4.69) is 16.2 Å². The van der Waals surface area contributed by atoms with Crippen molar-refractivity contribution >= 4 is 0 Å². The number of halogens is 1. The first-order valence-electron chi connectivity index (χ1n) is 7.46. The minimum atomic E-state index is -0.279. The van der Waals surface area contributed by atoms with Crippen molar-refractivity contribution in [3.8, 4) is 28.5 Å². The number of nitrogens with zero attached hydrogens (tertiary/aromatic N) is 4. The van der Waals surface area contributed by atoms with Gasteiger partial charge in [0.2, 0.25) is 0 Å². The lowest BCUT2D eigenvalue weighted by Gasteiger charge is -2.05. The molecule has 0 aliphatic heterocycles. The van der Waals surface area contributed by atoms with Crippen molar-refractivity contribution in [1.29, 1.82) is 5.26 Å². The molecule has 0 saturated heterocycles. The summed E-state index contributed by atoms with van der Waals surface area (Å²) in [6.07, 6.45) is 5.88. The first kappa shape index (κ1) is 13.6. The highest BCUT2D eigenvalue weighted by molar-refractivity contribution is 5.73. The highest BCUT2D eigenvalue weighted by atomic mass is 19.1. The van der Waals surface area contributed by atoms with E-state index in [4.69, 9.17) is 0 Å². The molecule has 5 heteroatoms. The predicted octanol–water partition coefficient (Wildman–Crippen LogP) is 3.96. The topological polar surface area (TPSA) is 54.5 Å². The molecule has 0 N–H and O–H groups in total. The smallest absolute Gasteiger partial charge is 0.149 e. The normalized spacial score (nSPS) is 13.7. The zero-order valence-corrected chi connectivity index (χ0v) is 12.3. The van der Waals surface area contributed by atoms with Crippen LogP contribution < -0.4 is 0 Å². The van der Waals surface area contributed by atoms with Gasteiger partial charge in [-0.2, -0.15) is 10.4 Å². The summed E-state index contributed by atoms with van der Waals surface area (Å²) in [5.74, 6) is -0.279. The Morgan fingerprint density at radius 3 is 2.61 bits per heavy atom. The van der Waals surface area contributed by atoms with Gasteiger partial charge in [-0.05, 0) is 42.7 Å². The molecule has 0 amide bonds. The molecule has 0 atom stereocenters. The Bertz CT molecular complexity index is 902. The molecule has 2 heterocycles. The van der Waals surface area contributed by atoms with Gasteiger partial charge in [0.15, 0.2) is 0 Å². The van der Waals surface area contributed by atoms with E-state index in [-0.39, 0.29) is 5.82 Å². The molecule has 4 nitrogen and oxygen atoms in total. The molecule has 0 radical (unpaired) electrons. The number of pyridine rings is 1. The van der Waals surface area contributed by atoms with Gasteiger partial charge < -0.3 is 0 Å². The van der Waals surface area contributed by atoms with Gasteiger partial charge in [0.25, 0.3) is 0 Å². The number of hydrogen-bond donors (Lipinski definition) is 0. The van der Waals surface area contributed by atoms with Gasteiger partial charge >= 0.3 is 0 Å². The van der Waals surface area contributed by atoms with Crippen molar-refractivity contribution in [3.63, 3.8) is 0 Å². The number of benzene rings is 1. The monoisotopic (exact) mass is 304 g/mol. The van der Waals surface area contributed by atoms with Crippen LogP contribution in [0.15, 0.2) is 48.8 Å². The number of rotatable bonds is 3. The third-order valence-corrected chi connectivity index (χ3v) is 3.98. The van der Waals surface area contributed by atoms with Gasteiger partial charge in [-0.1, -0.05) is 12.1 Å². The SMILES string of the molecule is N#Cc1ncc(-c2ccc(F)cc2)cc1-c1ccn(C2CC2)n1. The predicted molar refractivity (Wildman–Crippen MR) is 83.8 cm³/mol. The van der Waals surface area contributed by atoms with E-state index in [0.29, 0.717) is 17.3 Å². The standard InChI is InChI=1S/C18H13FN4/c19-14-3-1-12(2-4-14)13-9-16(18(10-20)21-11-13)17-7-8-23(22-17)15-5-6-15/h1-4,7-9,11,15H,5-6H2. The van der Waals surface area contributed by atoms with Gasteiger partial charge in [-0.3, -0.25) is 4.68 Å². The quantitative estimate of drug-likeness (QED) is 0.736. The summed E-state index contributed by atoms with van der Waals surface area (Å²) >= 11 is 0. The molecule has 0 bridgehead atoms. The van der Waals surface area contributed by atoms with E-state index in [0.717, 1.165) is 29.7 Å². The Labute approximate surface area is 132 Å². The fourth-order valence-corrected chi connectivity index (χ4v) is 2.57. The van der Waals surface area contributed by atoms with Crippen molar-refractivity contribution in [1.82, 2.24) is 14.8 Å². The fraction of sp³-hybridized carbons (Fsp3) is 0.167. The van der Waals surface area contributed by atoms with Crippen LogP contribution in [0.2, 0.25) is 0 Å². The van der Waals surface area contributed by atoms with Gasteiger partial charge in [0.1, 0.15) is 17.6 Å². The van der Waals surface area contributed by atoms with E-state index in [1.807, 2.05) is 23.0 Å². The Kier molecular flexibility index (Phi) is 3.16. The lowest BCUT2D eigenvalue weighted by atomic mass is 10.0. The van der Waals surface area contributed by atoms with E-state index in [1.165, 1.54) is 12.1 Å². The second kappa shape index (κ2) is 5.33. The van der Waals surface area contributed by atoms with E-state index < -0.39 is 0 Å². The lowest BCUT2D eigenvalue weighted by molar-refractivity contribution is 0.628. The van der Waals surface area contributed by atoms with Gasteiger partial charge in [-0.25, -0.2) is 9.37 Å². The molecular weight excluding hydrogens is 291 g/mol. The molecule has 0 unspecified atom stereocenters. The van der Waals surface area contributed by atoms with Crippen molar-refractivity contribution in [2.45, 2.75) is 18.9 Å². The van der Waals surface area contributed by atoms with Crippen molar-refractivity contribution in [3.05, 3.63) is 60.3 Å². The van der Waals surface area contributed by atoms with Crippen molar-refractivity contribution in [2.75, 3.05) is 0 Å². The maximum Gasteiger partial charge on any atom is 0.149 e. The van der Waals surface area contributed by atoms with E-state index in [9.17, 15) is 9.65 Å². The number of hydrogen-bond acceptors (Lipinski definition) is 3. The average molecular weight is 304 g/mol. The second-order valence-electron chi connectivity index (χ2n) is 5.65. The van der Waals surface area contributed by atoms with Crippen LogP contribution in [0.4, 0.5) is 4.39 Å². The van der Waals surface area contributed by atoms with Crippen LogP contribution >= 0.6 is 0 Å². The van der Waals surface area contributed by atoms with Crippen LogP contribution in [0.3, 0.4) is 0 Å². The summed E-state index contributed by atoms with van der Waals surface area (Å²) in [6, 6.07) is 12.6. The lowest BCUT2D eigenvalue weighted by Crippen LogP contribution is -1.96. The molecule has 0 spiro atoms. The summed E-state index contributed by atoms with van der Waals surface area (Å²) in [7, 11) is 0. The van der Waals surface area contributed by atoms with E-state index in [1.54, 1.807) is 18.3 Å². The molecule has 1 aliphatic carbocycles. The minimum absolute atomic E-state index is 0.279. The maximum absolute atomic E-state index is 13.1. The van der Waals surface area contributed by atoms with Crippen LogP contribution in [0.5, 0.6) is 0 Å². The van der Waals surface area contributed by atoms with Crippen LogP contribution in [0.1, 0.15) is 24.6 Å². The summed E-state index contributed by atoms with van der Waals surface area (Å²) in [6.45, 7) is 0. The fourth-order valence-electron chi connectivity index (χ4n) is 2.57. The first-order valence-corrected chi connectivity index (χ1v) is 7.46. The molecule has 3 aromatic rings. The third kappa shape index (κ3) is 2.59. The number of nitriles is 1. The summed E-state index contributed by atoms with van der Waals surface area (Å²) in [5.41, 5.74) is 3.47. The highest BCUT2D eigenvalue weighted by Gasteiger charge is 2.24. The van der Waals surface area contributed by atoms with Crippen LogP contribution in [-0.2, 0) is 0 Å². The molecule has 2 aromatic heterocycles. The molecule has 1 aliphatic rings. The highest BCUT2D eigenvalue weighted by Crippen LogP contribution is 2.35. The Morgan fingerprint density at radius 1 is 1.13 bits per heavy atom. The van der Waals surface area contributed by atoms with Crippen molar-refractivity contribution < 1.29 is 4.39 Å². The van der Waals surface area contributed by atoms with Gasteiger partial charge in [0.05, 0.1) is 11.7 Å². The zero-order valence-electron chi connectivity index (χ0n) is 12.3. The molecule has 23 heavy (non-hydrogen) atoms. The van der Waals surface area contributed by atoms with Crippen molar-refractivity contribution in [2.24, 2.45) is 0 Å². The zero-order chi connectivity index (χ0) is 15.8. The molecular formula is C18H13FN4. The summed E-state index contributed by atoms with van der Waals surface area (Å²) in [5, 5.41) is 13.9. The molecule has 112 valence electrons. The first-order chi connectivity index (χ1) is 11.2. The van der Waals surface area contributed by atoms with Gasteiger partial charge in [-0.15, -0.1) is 0 Å². The third-order valence-electron chi connectivity index (χ3n) is 3.98. The minimum Gasteiger partial charge on any atom is -0.269 e. The summed E-state index contributed by atoms with van der Waals surface area (Å²) < 4.78 is 15.0. The number of aromatic nitrogens is 3. The molecule has 1 saturated carbocycles.